The highest BCUT2D eigenvalue weighted by atomic mass is 32.2. The molecule has 0 amide bonds. The normalized spacial score (nSPS) is 19.0. The zero-order chi connectivity index (χ0) is 13.2. The van der Waals surface area contributed by atoms with Crippen LogP contribution in [0.2, 0.25) is 0 Å². The highest BCUT2D eigenvalue weighted by Crippen LogP contribution is 2.28. The van der Waals surface area contributed by atoms with E-state index >= 15 is 0 Å². The van der Waals surface area contributed by atoms with Gasteiger partial charge in [-0.15, -0.1) is 0 Å². The van der Waals surface area contributed by atoms with Crippen molar-refractivity contribution in [2.45, 2.75) is 43.5 Å². The van der Waals surface area contributed by atoms with E-state index in [1.807, 2.05) is 6.92 Å². The molecule has 0 aromatic heterocycles. The second-order valence-electron chi connectivity index (χ2n) is 4.88. The second-order valence-corrected chi connectivity index (χ2v) is 6.57. The van der Waals surface area contributed by atoms with E-state index in [-0.39, 0.29) is 10.9 Å². The smallest absolute Gasteiger partial charge is 0.208 e. The third-order valence-electron chi connectivity index (χ3n) is 3.57. The monoisotopic (exact) mass is 271 g/mol. The Morgan fingerprint density at radius 1 is 1.28 bits per heavy atom. The van der Waals surface area contributed by atoms with Crippen molar-refractivity contribution in [1.82, 2.24) is 4.72 Å². The fourth-order valence-corrected chi connectivity index (χ4v) is 3.92. The average molecular weight is 271 g/mol. The van der Waals surface area contributed by atoms with Crippen LogP contribution in [0.3, 0.4) is 0 Å². The van der Waals surface area contributed by atoms with Gasteiger partial charge in [0.05, 0.1) is 0 Å². The van der Waals surface area contributed by atoms with Gasteiger partial charge in [0, 0.05) is 6.04 Å². The summed E-state index contributed by atoms with van der Waals surface area (Å²) in [6, 6.07) is 5.32. The van der Waals surface area contributed by atoms with E-state index in [9.17, 15) is 12.8 Å². The van der Waals surface area contributed by atoms with Crippen LogP contribution in [0.4, 0.5) is 4.39 Å². The number of halogens is 1. The molecule has 1 aliphatic carbocycles. The summed E-state index contributed by atoms with van der Waals surface area (Å²) in [6.07, 6.45) is 4.38. The van der Waals surface area contributed by atoms with Gasteiger partial charge in [-0.05, 0) is 37.8 Å². The number of hydrogen-bond acceptors (Lipinski definition) is 2. The first-order valence-corrected chi connectivity index (χ1v) is 7.76. The van der Waals surface area contributed by atoms with Crippen LogP contribution in [0.5, 0.6) is 0 Å². The maximum absolute atomic E-state index is 13.5. The van der Waals surface area contributed by atoms with Gasteiger partial charge in [0.15, 0.2) is 0 Å². The van der Waals surface area contributed by atoms with Crippen LogP contribution >= 0.6 is 0 Å². The van der Waals surface area contributed by atoms with Crippen LogP contribution in [0.1, 0.15) is 32.6 Å². The highest BCUT2D eigenvalue weighted by molar-refractivity contribution is 7.89. The van der Waals surface area contributed by atoms with Gasteiger partial charge < -0.3 is 0 Å². The SMILES string of the molecule is CC(NS(=O)(=O)c1ccccc1F)C1CCCC1. The van der Waals surface area contributed by atoms with Gasteiger partial charge in [-0.1, -0.05) is 25.0 Å². The summed E-state index contributed by atoms with van der Waals surface area (Å²) >= 11 is 0. The lowest BCUT2D eigenvalue weighted by Gasteiger charge is -2.20. The van der Waals surface area contributed by atoms with Crippen LogP contribution in [-0.2, 0) is 10.0 Å². The molecule has 1 aromatic carbocycles. The largest absolute Gasteiger partial charge is 0.243 e. The average Bonchev–Trinajstić information content (AvgIpc) is 2.82. The van der Waals surface area contributed by atoms with Gasteiger partial charge in [-0.25, -0.2) is 17.5 Å². The molecule has 1 aromatic rings. The summed E-state index contributed by atoms with van der Waals surface area (Å²) in [5.41, 5.74) is 0. The predicted molar refractivity (Wildman–Crippen MR) is 68.1 cm³/mol. The third kappa shape index (κ3) is 2.90. The zero-order valence-corrected chi connectivity index (χ0v) is 11.2. The fourth-order valence-electron chi connectivity index (χ4n) is 2.52. The molecule has 0 radical (unpaired) electrons. The summed E-state index contributed by atoms with van der Waals surface area (Å²) < 4.78 is 40.2. The minimum Gasteiger partial charge on any atom is -0.208 e. The van der Waals surface area contributed by atoms with Crippen molar-refractivity contribution in [2.24, 2.45) is 5.92 Å². The number of hydrogen-bond donors (Lipinski definition) is 1. The molecule has 18 heavy (non-hydrogen) atoms. The fraction of sp³-hybridized carbons (Fsp3) is 0.538. The van der Waals surface area contributed by atoms with E-state index < -0.39 is 15.8 Å². The van der Waals surface area contributed by atoms with Crippen LogP contribution in [-0.4, -0.2) is 14.5 Å². The molecule has 0 bridgehead atoms. The molecule has 1 unspecified atom stereocenters. The lowest BCUT2D eigenvalue weighted by molar-refractivity contribution is 0.423. The van der Waals surface area contributed by atoms with Crippen molar-refractivity contribution in [3.8, 4) is 0 Å². The first kappa shape index (κ1) is 13.5. The minimum absolute atomic E-state index is 0.142. The molecule has 0 heterocycles. The van der Waals surface area contributed by atoms with Crippen molar-refractivity contribution in [3.63, 3.8) is 0 Å². The molecule has 1 aliphatic rings. The Hall–Kier alpha value is -0.940. The summed E-state index contributed by atoms with van der Waals surface area (Å²) in [7, 11) is -3.75. The lowest BCUT2D eigenvalue weighted by atomic mass is 10.0. The number of sulfonamides is 1. The molecule has 5 heteroatoms. The molecule has 0 aliphatic heterocycles. The van der Waals surface area contributed by atoms with Gasteiger partial charge in [-0.2, -0.15) is 0 Å². The Kier molecular flexibility index (Phi) is 4.02. The summed E-state index contributed by atoms with van der Waals surface area (Å²) in [6.45, 7) is 1.86. The minimum atomic E-state index is -3.75. The summed E-state index contributed by atoms with van der Waals surface area (Å²) in [5, 5.41) is 0. The molecular weight excluding hydrogens is 253 g/mol. The Bertz CT molecular complexity index is 509. The Labute approximate surface area is 107 Å². The van der Waals surface area contributed by atoms with Crippen molar-refractivity contribution in [2.75, 3.05) is 0 Å². The first-order chi connectivity index (χ1) is 8.50. The molecule has 100 valence electrons. The van der Waals surface area contributed by atoms with Crippen LogP contribution < -0.4 is 4.72 Å². The lowest BCUT2D eigenvalue weighted by Crippen LogP contribution is -2.37. The van der Waals surface area contributed by atoms with Crippen molar-refractivity contribution < 1.29 is 12.8 Å². The van der Waals surface area contributed by atoms with Gasteiger partial charge in [-0.3, -0.25) is 0 Å². The highest BCUT2D eigenvalue weighted by Gasteiger charge is 2.27. The molecule has 0 spiro atoms. The maximum atomic E-state index is 13.5. The quantitative estimate of drug-likeness (QED) is 0.915. The van der Waals surface area contributed by atoms with Gasteiger partial charge in [0.1, 0.15) is 10.7 Å². The van der Waals surface area contributed by atoms with Gasteiger partial charge in [0.2, 0.25) is 10.0 Å². The molecule has 1 fully saturated rings. The van der Waals surface area contributed by atoms with E-state index in [1.165, 1.54) is 18.2 Å². The van der Waals surface area contributed by atoms with Gasteiger partial charge in [0.25, 0.3) is 0 Å². The van der Waals surface area contributed by atoms with Crippen molar-refractivity contribution in [3.05, 3.63) is 30.1 Å². The Morgan fingerprint density at radius 2 is 1.89 bits per heavy atom. The van der Waals surface area contributed by atoms with E-state index in [2.05, 4.69) is 4.72 Å². The van der Waals surface area contributed by atoms with E-state index in [0.717, 1.165) is 31.7 Å². The Balaban J connectivity index is 2.14. The van der Waals surface area contributed by atoms with Crippen LogP contribution in [0.25, 0.3) is 0 Å². The molecule has 1 atom stereocenters. The van der Waals surface area contributed by atoms with Gasteiger partial charge >= 0.3 is 0 Å². The predicted octanol–water partition coefficient (Wildman–Crippen LogP) is 2.68. The zero-order valence-electron chi connectivity index (χ0n) is 10.4. The third-order valence-corrected chi connectivity index (χ3v) is 5.17. The topological polar surface area (TPSA) is 46.2 Å². The van der Waals surface area contributed by atoms with Crippen molar-refractivity contribution in [1.29, 1.82) is 0 Å². The van der Waals surface area contributed by atoms with Crippen LogP contribution in [0, 0.1) is 11.7 Å². The van der Waals surface area contributed by atoms with Crippen molar-refractivity contribution >= 4 is 10.0 Å². The van der Waals surface area contributed by atoms with Crippen LogP contribution in [0.15, 0.2) is 29.2 Å². The standard InChI is InChI=1S/C13H18FNO2S/c1-10(11-6-2-3-7-11)15-18(16,17)13-9-5-4-8-12(13)14/h4-5,8-11,15H,2-3,6-7H2,1H3. The van der Waals surface area contributed by atoms with E-state index in [1.54, 1.807) is 0 Å². The summed E-state index contributed by atoms with van der Waals surface area (Å²) in [4.78, 5) is -0.269. The summed E-state index contributed by atoms with van der Waals surface area (Å²) in [5.74, 6) is -0.338. The Morgan fingerprint density at radius 3 is 2.50 bits per heavy atom. The maximum Gasteiger partial charge on any atom is 0.243 e. The number of benzene rings is 1. The number of rotatable bonds is 4. The molecule has 1 saturated carbocycles. The molecule has 0 saturated heterocycles. The first-order valence-electron chi connectivity index (χ1n) is 6.27. The molecule has 3 nitrogen and oxygen atoms in total. The second kappa shape index (κ2) is 5.36. The number of nitrogens with one attached hydrogen (secondary N) is 1. The molecule has 2 rings (SSSR count). The molecular formula is C13H18FNO2S. The van der Waals surface area contributed by atoms with E-state index in [4.69, 9.17) is 0 Å². The van der Waals surface area contributed by atoms with E-state index in [0.29, 0.717) is 5.92 Å². The molecule has 1 N–H and O–H groups in total.